The lowest BCUT2D eigenvalue weighted by Crippen LogP contribution is -2.20. The number of halogens is 2. The fraction of sp³-hybridized carbons (Fsp3) is 0.111. The lowest BCUT2D eigenvalue weighted by molar-refractivity contribution is -0.514. The summed E-state index contributed by atoms with van der Waals surface area (Å²) in [6, 6.07) is 9.00. The summed E-state index contributed by atoms with van der Waals surface area (Å²) in [6.07, 6.45) is 0. The number of hydrogen-bond acceptors (Lipinski definition) is 5. The number of hydrogen-bond donors (Lipinski definition) is 0. The average molecular weight is 363 g/mol. The van der Waals surface area contributed by atoms with E-state index in [-0.39, 0.29) is 11.8 Å². The molecule has 0 N–H and O–H groups in total. The van der Waals surface area contributed by atoms with Crippen molar-refractivity contribution in [1.29, 1.82) is 0 Å². The first-order valence-corrected chi connectivity index (χ1v) is 6.02. The van der Waals surface area contributed by atoms with Crippen molar-refractivity contribution in [2.75, 3.05) is 0 Å². The maximum absolute atomic E-state index is 10.8. The van der Waals surface area contributed by atoms with E-state index >= 15 is 0 Å². The van der Waals surface area contributed by atoms with Crippen LogP contribution in [-0.2, 0) is 3.36 Å². The second-order valence-electron chi connectivity index (χ2n) is 3.08. The number of aromatic nitrogens is 2. The minimum atomic E-state index is -1.75. The normalized spacial score (nSPS) is 11.4. The van der Waals surface area contributed by atoms with Crippen molar-refractivity contribution in [3.8, 4) is 11.5 Å². The van der Waals surface area contributed by atoms with E-state index in [1.807, 2.05) is 18.2 Å². The van der Waals surface area contributed by atoms with Gasteiger partial charge in [0.15, 0.2) is 0 Å². The molecule has 0 saturated carbocycles. The molecule has 17 heavy (non-hydrogen) atoms. The van der Waals surface area contributed by atoms with Gasteiger partial charge in [0.2, 0.25) is 5.89 Å². The van der Waals surface area contributed by atoms with Gasteiger partial charge >= 0.3 is 9.25 Å². The number of nitrogens with zero attached hydrogens (tertiary/aromatic N) is 3. The molecule has 1 aromatic heterocycles. The van der Waals surface area contributed by atoms with Crippen LogP contribution in [0.25, 0.3) is 11.5 Å². The van der Waals surface area contributed by atoms with E-state index in [1.165, 1.54) is 0 Å². The molecule has 1 heterocycles. The van der Waals surface area contributed by atoms with Gasteiger partial charge < -0.3 is 4.42 Å². The monoisotopic (exact) mass is 361 g/mol. The molecular formula is C9H5Br2N3O3. The van der Waals surface area contributed by atoms with Crippen LogP contribution >= 0.6 is 31.9 Å². The highest BCUT2D eigenvalue weighted by Crippen LogP contribution is 2.38. The molecule has 0 bridgehead atoms. The van der Waals surface area contributed by atoms with Gasteiger partial charge in [-0.3, -0.25) is 10.1 Å². The SMILES string of the molecule is O=[N+]([O-])C(Br)(Br)c1nnc(-c2ccccc2)o1. The van der Waals surface area contributed by atoms with Crippen LogP contribution < -0.4 is 0 Å². The summed E-state index contributed by atoms with van der Waals surface area (Å²) in [7, 11) is 0. The largest absolute Gasteiger partial charge is 0.413 e. The molecule has 0 aliphatic heterocycles. The van der Waals surface area contributed by atoms with Crippen LogP contribution in [0, 0.1) is 10.1 Å². The van der Waals surface area contributed by atoms with Crippen LogP contribution in [0.1, 0.15) is 5.89 Å². The van der Waals surface area contributed by atoms with Gasteiger partial charge in [0, 0.05) is 37.4 Å². The van der Waals surface area contributed by atoms with E-state index < -0.39 is 8.28 Å². The van der Waals surface area contributed by atoms with E-state index in [9.17, 15) is 10.1 Å². The minimum absolute atomic E-state index is 0.165. The van der Waals surface area contributed by atoms with Crippen LogP contribution in [0.15, 0.2) is 34.7 Å². The van der Waals surface area contributed by atoms with Crippen LogP contribution in [0.3, 0.4) is 0 Å². The first kappa shape index (κ1) is 12.2. The molecule has 8 heteroatoms. The Morgan fingerprint density at radius 2 is 1.88 bits per heavy atom. The summed E-state index contributed by atoms with van der Waals surface area (Å²) in [5.74, 6) is 0.0621. The predicted octanol–water partition coefficient (Wildman–Crippen LogP) is 2.91. The molecule has 0 fully saturated rings. The van der Waals surface area contributed by atoms with E-state index in [0.29, 0.717) is 5.56 Å². The summed E-state index contributed by atoms with van der Waals surface area (Å²) in [6.45, 7) is 0. The molecular weight excluding hydrogens is 358 g/mol. The van der Waals surface area contributed by atoms with Crippen molar-refractivity contribution in [3.63, 3.8) is 0 Å². The first-order valence-electron chi connectivity index (χ1n) is 4.43. The van der Waals surface area contributed by atoms with Crippen molar-refractivity contribution in [3.05, 3.63) is 46.3 Å². The summed E-state index contributed by atoms with van der Waals surface area (Å²) >= 11 is 5.72. The van der Waals surface area contributed by atoms with Gasteiger partial charge in [0.05, 0.1) is 4.92 Å². The van der Waals surface area contributed by atoms with Gasteiger partial charge in [-0.15, -0.1) is 10.2 Å². The Balaban J connectivity index is 2.38. The number of alkyl halides is 2. The van der Waals surface area contributed by atoms with Crippen molar-refractivity contribution in [1.82, 2.24) is 10.2 Å². The van der Waals surface area contributed by atoms with Crippen LogP contribution in [0.2, 0.25) is 0 Å². The molecule has 0 spiro atoms. The van der Waals surface area contributed by atoms with Crippen molar-refractivity contribution in [2.45, 2.75) is 3.36 Å². The fourth-order valence-electron chi connectivity index (χ4n) is 1.12. The van der Waals surface area contributed by atoms with E-state index in [1.54, 1.807) is 12.1 Å². The van der Waals surface area contributed by atoms with Crippen molar-refractivity contribution >= 4 is 31.9 Å². The summed E-state index contributed by atoms with van der Waals surface area (Å²) in [5.41, 5.74) is 0.699. The van der Waals surface area contributed by atoms with Crippen molar-refractivity contribution < 1.29 is 9.34 Å². The van der Waals surface area contributed by atoms with E-state index in [0.717, 1.165) is 0 Å². The molecule has 0 saturated heterocycles. The minimum Gasteiger partial charge on any atom is -0.413 e. The lowest BCUT2D eigenvalue weighted by atomic mass is 10.2. The van der Waals surface area contributed by atoms with Crippen LogP contribution in [0.5, 0.6) is 0 Å². The first-order chi connectivity index (χ1) is 8.01. The third-order valence-electron chi connectivity index (χ3n) is 1.93. The second-order valence-corrected chi connectivity index (χ2v) is 6.44. The third kappa shape index (κ3) is 2.37. The Bertz CT molecular complexity index is 541. The summed E-state index contributed by atoms with van der Waals surface area (Å²) < 4.78 is 3.49. The highest BCUT2D eigenvalue weighted by atomic mass is 79.9. The predicted molar refractivity (Wildman–Crippen MR) is 66.3 cm³/mol. The number of rotatable bonds is 3. The summed E-state index contributed by atoms with van der Waals surface area (Å²) in [4.78, 5) is 10.1. The molecule has 0 amide bonds. The van der Waals surface area contributed by atoms with E-state index in [4.69, 9.17) is 4.42 Å². The standard InChI is InChI=1S/C9H5Br2N3O3/c10-9(11,14(15)16)8-13-12-7(17-8)6-4-2-1-3-5-6/h1-5H. The Hall–Kier alpha value is -1.28. The lowest BCUT2D eigenvalue weighted by Gasteiger charge is -2.04. The molecule has 0 aliphatic rings. The zero-order valence-electron chi connectivity index (χ0n) is 8.21. The fourth-order valence-corrected chi connectivity index (χ4v) is 1.44. The zero-order chi connectivity index (χ0) is 12.5. The Morgan fingerprint density at radius 3 is 2.47 bits per heavy atom. The molecule has 0 unspecified atom stereocenters. The van der Waals surface area contributed by atoms with E-state index in [2.05, 4.69) is 42.1 Å². The summed E-state index contributed by atoms with van der Waals surface area (Å²) in [5, 5.41) is 18.1. The molecule has 2 rings (SSSR count). The Labute approximate surface area is 112 Å². The number of benzene rings is 1. The van der Waals surface area contributed by atoms with Crippen molar-refractivity contribution in [2.24, 2.45) is 0 Å². The number of nitro groups is 1. The van der Waals surface area contributed by atoms with Gasteiger partial charge in [0.1, 0.15) is 0 Å². The average Bonchev–Trinajstić information content (AvgIpc) is 2.80. The topological polar surface area (TPSA) is 82.1 Å². The highest BCUT2D eigenvalue weighted by Gasteiger charge is 2.45. The van der Waals surface area contributed by atoms with Gasteiger partial charge in [-0.2, -0.15) is 0 Å². The molecule has 2 aromatic rings. The Kier molecular flexibility index (Phi) is 3.25. The molecule has 0 atom stereocenters. The van der Waals surface area contributed by atoms with Gasteiger partial charge in [0.25, 0.3) is 0 Å². The Morgan fingerprint density at radius 1 is 1.24 bits per heavy atom. The molecule has 0 aliphatic carbocycles. The van der Waals surface area contributed by atoms with Gasteiger partial charge in [-0.1, -0.05) is 18.2 Å². The molecule has 6 nitrogen and oxygen atoms in total. The van der Waals surface area contributed by atoms with Crippen LogP contribution in [0.4, 0.5) is 0 Å². The van der Waals surface area contributed by atoms with Gasteiger partial charge in [-0.25, -0.2) is 0 Å². The van der Waals surface area contributed by atoms with Gasteiger partial charge in [-0.05, 0) is 12.1 Å². The quantitative estimate of drug-likeness (QED) is 0.363. The maximum Gasteiger partial charge on any atom is 0.402 e. The maximum atomic E-state index is 10.8. The van der Waals surface area contributed by atoms with Crippen LogP contribution in [-0.4, -0.2) is 15.1 Å². The molecule has 1 aromatic carbocycles. The molecule has 88 valence electrons. The smallest absolute Gasteiger partial charge is 0.402 e. The molecule has 0 radical (unpaired) electrons. The second kappa shape index (κ2) is 4.53. The zero-order valence-corrected chi connectivity index (χ0v) is 11.4. The highest BCUT2D eigenvalue weighted by molar-refractivity contribution is 9.24. The third-order valence-corrected chi connectivity index (χ3v) is 3.19.